The van der Waals surface area contributed by atoms with E-state index in [2.05, 4.69) is 27.1 Å². The van der Waals surface area contributed by atoms with Crippen molar-refractivity contribution in [1.82, 2.24) is 9.88 Å². The number of benzene rings is 1. The fourth-order valence-electron chi connectivity index (χ4n) is 2.56. The Morgan fingerprint density at radius 2 is 1.79 bits per heavy atom. The van der Waals surface area contributed by atoms with Gasteiger partial charge in [0, 0.05) is 37.9 Å². The molecular formula is C16H18FN5O2. The summed E-state index contributed by atoms with van der Waals surface area (Å²) in [4.78, 5) is 19.5. The first kappa shape index (κ1) is 16.1. The summed E-state index contributed by atoms with van der Waals surface area (Å²) in [7, 11) is 2.06. The molecule has 7 nitrogen and oxygen atoms in total. The highest BCUT2D eigenvalue weighted by molar-refractivity contribution is 5.68. The second-order valence-electron chi connectivity index (χ2n) is 5.72. The topological polar surface area (TPSA) is 74.5 Å². The number of rotatable bonds is 4. The average molecular weight is 331 g/mol. The molecule has 1 saturated heterocycles. The fourth-order valence-corrected chi connectivity index (χ4v) is 2.56. The Kier molecular flexibility index (Phi) is 4.57. The van der Waals surface area contributed by atoms with Crippen molar-refractivity contribution in [3.8, 4) is 0 Å². The van der Waals surface area contributed by atoms with Crippen molar-refractivity contribution >= 4 is 23.0 Å². The predicted octanol–water partition coefficient (Wildman–Crippen LogP) is 2.62. The van der Waals surface area contributed by atoms with Crippen LogP contribution >= 0.6 is 0 Å². The van der Waals surface area contributed by atoms with E-state index < -0.39 is 4.92 Å². The van der Waals surface area contributed by atoms with E-state index in [0.717, 1.165) is 26.2 Å². The summed E-state index contributed by atoms with van der Waals surface area (Å²) in [5.74, 6) is 0.482. The highest BCUT2D eigenvalue weighted by Crippen LogP contribution is 2.28. The maximum absolute atomic E-state index is 13.0. The Hall–Kier alpha value is -2.74. The molecule has 1 aliphatic rings. The van der Waals surface area contributed by atoms with Gasteiger partial charge in [-0.2, -0.15) is 0 Å². The van der Waals surface area contributed by atoms with Gasteiger partial charge < -0.3 is 15.1 Å². The molecule has 3 rings (SSSR count). The van der Waals surface area contributed by atoms with Crippen LogP contribution in [0.5, 0.6) is 0 Å². The molecule has 1 aromatic carbocycles. The van der Waals surface area contributed by atoms with Crippen LogP contribution in [0.3, 0.4) is 0 Å². The maximum Gasteiger partial charge on any atom is 0.311 e. The zero-order valence-electron chi connectivity index (χ0n) is 13.3. The lowest BCUT2D eigenvalue weighted by Crippen LogP contribution is -2.44. The Morgan fingerprint density at radius 3 is 2.42 bits per heavy atom. The number of aromatic nitrogens is 1. The summed E-state index contributed by atoms with van der Waals surface area (Å²) in [6.07, 6.45) is 0. The monoisotopic (exact) mass is 331 g/mol. The van der Waals surface area contributed by atoms with Gasteiger partial charge in [-0.1, -0.05) is 0 Å². The van der Waals surface area contributed by atoms with Gasteiger partial charge in [-0.05, 0) is 37.4 Å². The van der Waals surface area contributed by atoms with E-state index in [9.17, 15) is 14.5 Å². The van der Waals surface area contributed by atoms with Crippen molar-refractivity contribution in [1.29, 1.82) is 0 Å². The number of halogens is 1. The Bertz CT molecular complexity index is 730. The fraction of sp³-hybridized carbons (Fsp3) is 0.312. The first-order valence-electron chi connectivity index (χ1n) is 7.64. The summed E-state index contributed by atoms with van der Waals surface area (Å²) in [5.41, 5.74) is 0.430. The number of likely N-dealkylation sites (N-methyl/N-ethyl adjacent to an activating group) is 1. The molecule has 0 bridgehead atoms. The van der Waals surface area contributed by atoms with Crippen LogP contribution in [0.15, 0.2) is 36.4 Å². The van der Waals surface area contributed by atoms with Crippen molar-refractivity contribution in [2.24, 2.45) is 0 Å². The molecule has 24 heavy (non-hydrogen) atoms. The molecular weight excluding hydrogens is 313 g/mol. The minimum atomic E-state index is -0.480. The molecule has 1 N–H and O–H groups in total. The Labute approximate surface area is 138 Å². The lowest BCUT2D eigenvalue weighted by molar-refractivity contribution is -0.384. The number of nitrogens with one attached hydrogen (secondary N) is 1. The molecule has 0 spiro atoms. The third-order valence-electron chi connectivity index (χ3n) is 3.99. The summed E-state index contributed by atoms with van der Waals surface area (Å²) in [5, 5.41) is 14.2. The third-order valence-corrected chi connectivity index (χ3v) is 3.99. The molecule has 0 unspecified atom stereocenters. The second-order valence-corrected chi connectivity index (χ2v) is 5.72. The Balaban J connectivity index is 1.88. The van der Waals surface area contributed by atoms with Gasteiger partial charge in [0.1, 0.15) is 11.6 Å². The smallest absolute Gasteiger partial charge is 0.311 e. The normalized spacial score (nSPS) is 15.3. The van der Waals surface area contributed by atoms with Crippen molar-refractivity contribution in [2.75, 3.05) is 43.4 Å². The van der Waals surface area contributed by atoms with E-state index >= 15 is 0 Å². The predicted molar refractivity (Wildman–Crippen MR) is 90.3 cm³/mol. The summed E-state index contributed by atoms with van der Waals surface area (Å²) >= 11 is 0. The van der Waals surface area contributed by atoms with E-state index in [-0.39, 0.29) is 17.3 Å². The quantitative estimate of drug-likeness (QED) is 0.686. The van der Waals surface area contributed by atoms with Crippen LogP contribution in [-0.4, -0.2) is 48.0 Å². The number of anilines is 3. The van der Waals surface area contributed by atoms with Crippen LogP contribution < -0.4 is 10.2 Å². The van der Waals surface area contributed by atoms with Crippen LogP contribution in [0.2, 0.25) is 0 Å². The number of hydrogen-bond donors (Lipinski definition) is 1. The van der Waals surface area contributed by atoms with E-state index in [4.69, 9.17) is 0 Å². The number of nitrogens with zero attached hydrogens (tertiary/aromatic N) is 4. The van der Waals surface area contributed by atoms with Crippen LogP contribution in [0.1, 0.15) is 0 Å². The third kappa shape index (κ3) is 3.60. The molecule has 2 heterocycles. The first-order valence-corrected chi connectivity index (χ1v) is 7.64. The van der Waals surface area contributed by atoms with Crippen LogP contribution in [0.25, 0.3) is 0 Å². The molecule has 8 heteroatoms. The standard InChI is InChI=1S/C16H18FN5O2/c1-20-8-10-21(11-9-20)15-7-6-14(22(23)24)16(19-15)18-13-4-2-12(17)3-5-13/h2-7H,8-11H2,1H3,(H,18,19). The summed E-state index contributed by atoms with van der Waals surface area (Å²) in [6, 6.07) is 8.73. The van der Waals surface area contributed by atoms with Crippen LogP contribution in [0.4, 0.5) is 27.4 Å². The van der Waals surface area contributed by atoms with Gasteiger partial charge in [-0.15, -0.1) is 0 Å². The number of nitro groups is 1. The summed E-state index contributed by atoms with van der Waals surface area (Å²) < 4.78 is 13.0. The molecule has 1 aliphatic heterocycles. The van der Waals surface area contributed by atoms with Gasteiger partial charge in [-0.3, -0.25) is 10.1 Å². The molecule has 2 aromatic rings. The molecule has 0 aliphatic carbocycles. The van der Waals surface area contributed by atoms with Gasteiger partial charge in [0.2, 0.25) is 5.82 Å². The van der Waals surface area contributed by atoms with Crippen LogP contribution in [-0.2, 0) is 0 Å². The van der Waals surface area contributed by atoms with E-state index in [1.807, 2.05) is 0 Å². The maximum atomic E-state index is 13.0. The van der Waals surface area contributed by atoms with Crippen LogP contribution in [0, 0.1) is 15.9 Å². The summed E-state index contributed by atoms with van der Waals surface area (Å²) in [6.45, 7) is 3.47. The lowest BCUT2D eigenvalue weighted by atomic mass is 10.3. The zero-order chi connectivity index (χ0) is 17.1. The second kappa shape index (κ2) is 6.79. The minimum absolute atomic E-state index is 0.114. The van der Waals surface area contributed by atoms with Crippen molar-refractivity contribution in [2.45, 2.75) is 0 Å². The molecule has 126 valence electrons. The highest BCUT2D eigenvalue weighted by atomic mass is 19.1. The van der Waals surface area contributed by atoms with Gasteiger partial charge in [-0.25, -0.2) is 9.37 Å². The largest absolute Gasteiger partial charge is 0.354 e. The minimum Gasteiger partial charge on any atom is -0.354 e. The average Bonchev–Trinajstić information content (AvgIpc) is 2.57. The lowest BCUT2D eigenvalue weighted by Gasteiger charge is -2.33. The van der Waals surface area contributed by atoms with Crippen molar-refractivity contribution < 1.29 is 9.31 Å². The van der Waals surface area contributed by atoms with Crippen molar-refractivity contribution in [3.05, 3.63) is 52.3 Å². The van der Waals surface area contributed by atoms with E-state index in [1.165, 1.54) is 30.3 Å². The van der Waals surface area contributed by atoms with Gasteiger partial charge in [0.15, 0.2) is 0 Å². The Morgan fingerprint density at radius 1 is 1.12 bits per heavy atom. The van der Waals surface area contributed by atoms with E-state index in [0.29, 0.717) is 11.5 Å². The molecule has 1 fully saturated rings. The molecule has 0 amide bonds. The molecule has 0 atom stereocenters. The SMILES string of the molecule is CN1CCN(c2ccc([N+](=O)[O-])c(Nc3ccc(F)cc3)n2)CC1. The first-order chi connectivity index (χ1) is 11.5. The zero-order valence-corrected chi connectivity index (χ0v) is 13.3. The van der Waals surface area contributed by atoms with E-state index in [1.54, 1.807) is 6.07 Å². The number of pyridine rings is 1. The number of hydrogen-bond acceptors (Lipinski definition) is 6. The molecule has 0 saturated carbocycles. The van der Waals surface area contributed by atoms with Crippen molar-refractivity contribution in [3.63, 3.8) is 0 Å². The van der Waals surface area contributed by atoms with Gasteiger partial charge >= 0.3 is 5.69 Å². The van der Waals surface area contributed by atoms with Gasteiger partial charge in [0.05, 0.1) is 4.92 Å². The molecule has 0 radical (unpaired) electrons. The highest BCUT2D eigenvalue weighted by Gasteiger charge is 2.20. The number of piperazine rings is 1. The van der Waals surface area contributed by atoms with Gasteiger partial charge in [0.25, 0.3) is 0 Å². The molecule has 1 aromatic heterocycles.